The molecule has 0 aromatic carbocycles. The molecule has 9 heteroatoms. The van der Waals surface area contributed by atoms with Gasteiger partial charge in [-0.15, -0.1) is 0 Å². The van der Waals surface area contributed by atoms with E-state index in [1.807, 2.05) is 24.8 Å². The van der Waals surface area contributed by atoms with Crippen molar-refractivity contribution in [1.82, 2.24) is 19.0 Å². The molecule has 2 heterocycles. The largest absolute Gasteiger partial charge is 0.390 e. The summed E-state index contributed by atoms with van der Waals surface area (Å²) in [7, 11) is -0.650. The summed E-state index contributed by atoms with van der Waals surface area (Å²) in [4.78, 5) is 10.6. The molecule has 0 spiro atoms. The first kappa shape index (κ1) is 17.1. The van der Waals surface area contributed by atoms with Crippen molar-refractivity contribution < 1.29 is 13.5 Å². The van der Waals surface area contributed by atoms with Crippen molar-refractivity contribution in [3.8, 4) is 0 Å². The maximum atomic E-state index is 11.9. The van der Waals surface area contributed by atoms with Crippen molar-refractivity contribution in [2.24, 2.45) is 0 Å². The molecule has 1 aromatic rings. The SMILES string of the molecule is Cc1cc(C)nc(N2CC[C@@H](NS(=O)(=O)N(C)C)[C@H](O)C2)n1. The number of hydrogen-bond donors (Lipinski definition) is 2. The normalized spacial score (nSPS) is 23.1. The van der Waals surface area contributed by atoms with Crippen LogP contribution in [-0.2, 0) is 10.2 Å². The fourth-order valence-corrected chi connectivity index (χ4v) is 3.26. The Kier molecular flexibility index (Phi) is 5.00. The molecule has 0 radical (unpaired) electrons. The van der Waals surface area contributed by atoms with Gasteiger partial charge < -0.3 is 10.0 Å². The first-order chi connectivity index (χ1) is 10.2. The van der Waals surface area contributed by atoms with E-state index >= 15 is 0 Å². The summed E-state index contributed by atoms with van der Waals surface area (Å²) in [5.41, 5.74) is 1.74. The van der Waals surface area contributed by atoms with E-state index in [2.05, 4.69) is 14.7 Å². The minimum absolute atomic E-state index is 0.295. The van der Waals surface area contributed by atoms with Crippen molar-refractivity contribution in [1.29, 1.82) is 0 Å². The van der Waals surface area contributed by atoms with Gasteiger partial charge in [-0.25, -0.2) is 9.97 Å². The molecule has 1 fully saturated rings. The van der Waals surface area contributed by atoms with Crippen molar-refractivity contribution >= 4 is 16.2 Å². The van der Waals surface area contributed by atoms with E-state index in [0.29, 0.717) is 25.5 Å². The van der Waals surface area contributed by atoms with Crippen molar-refractivity contribution in [2.45, 2.75) is 32.4 Å². The Bertz CT molecular complexity index is 614. The van der Waals surface area contributed by atoms with Gasteiger partial charge in [-0.3, -0.25) is 0 Å². The Balaban J connectivity index is 2.07. The van der Waals surface area contributed by atoms with Gasteiger partial charge in [0.15, 0.2) is 0 Å². The van der Waals surface area contributed by atoms with E-state index in [1.165, 1.54) is 14.1 Å². The van der Waals surface area contributed by atoms with Crippen LogP contribution in [0, 0.1) is 13.8 Å². The summed E-state index contributed by atoms with van der Waals surface area (Å²) in [5.74, 6) is 0.575. The zero-order valence-corrected chi connectivity index (χ0v) is 14.1. The fraction of sp³-hybridized carbons (Fsp3) is 0.692. The molecular formula is C13H23N5O3S. The van der Waals surface area contributed by atoms with E-state index in [0.717, 1.165) is 15.7 Å². The summed E-state index contributed by atoms with van der Waals surface area (Å²) in [6.07, 6.45) is -0.321. The second kappa shape index (κ2) is 6.45. The van der Waals surface area contributed by atoms with E-state index in [4.69, 9.17) is 0 Å². The Hall–Kier alpha value is -1.29. The molecule has 0 aliphatic carbocycles. The van der Waals surface area contributed by atoms with Gasteiger partial charge in [-0.2, -0.15) is 17.4 Å². The van der Waals surface area contributed by atoms with Crippen LogP contribution in [0.25, 0.3) is 0 Å². The second-order valence-electron chi connectivity index (χ2n) is 5.76. The number of nitrogens with zero attached hydrogens (tertiary/aromatic N) is 4. The fourth-order valence-electron chi connectivity index (χ4n) is 2.40. The van der Waals surface area contributed by atoms with Gasteiger partial charge in [0.05, 0.1) is 12.1 Å². The van der Waals surface area contributed by atoms with Gasteiger partial charge >= 0.3 is 0 Å². The lowest BCUT2D eigenvalue weighted by molar-refractivity contribution is 0.123. The number of nitrogens with one attached hydrogen (secondary N) is 1. The van der Waals surface area contributed by atoms with Crippen LogP contribution in [0.4, 0.5) is 5.95 Å². The van der Waals surface area contributed by atoms with E-state index in [9.17, 15) is 13.5 Å². The number of aromatic nitrogens is 2. The molecule has 0 unspecified atom stereocenters. The molecule has 1 aliphatic rings. The minimum Gasteiger partial charge on any atom is -0.390 e. The Morgan fingerprint density at radius 1 is 1.32 bits per heavy atom. The van der Waals surface area contributed by atoms with Crippen LogP contribution in [-0.4, -0.2) is 67.1 Å². The van der Waals surface area contributed by atoms with Gasteiger partial charge in [-0.05, 0) is 26.3 Å². The van der Waals surface area contributed by atoms with Crippen LogP contribution in [0.3, 0.4) is 0 Å². The molecule has 1 saturated heterocycles. The molecule has 0 amide bonds. The van der Waals surface area contributed by atoms with Crippen LogP contribution < -0.4 is 9.62 Å². The Labute approximate surface area is 131 Å². The predicted octanol–water partition coefficient (Wildman–Crippen LogP) is -0.571. The quantitative estimate of drug-likeness (QED) is 0.767. The monoisotopic (exact) mass is 329 g/mol. The van der Waals surface area contributed by atoms with E-state index in [1.54, 1.807) is 0 Å². The van der Waals surface area contributed by atoms with Crippen molar-refractivity contribution in [3.63, 3.8) is 0 Å². The maximum absolute atomic E-state index is 11.9. The third-order valence-corrected chi connectivity index (χ3v) is 5.18. The van der Waals surface area contributed by atoms with Gasteiger partial charge in [-0.1, -0.05) is 0 Å². The predicted molar refractivity (Wildman–Crippen MR) is 83.9 cm³/mol. The molecule has 0 saturated carbocycles. The number of β-amino-alcohol motifs (C(OH)–C–C–N with tert-alkyl or cyclic N) is 1. The highest BCUT2D eigenvalue weighted by molar-refractivity contribution is 7.87. The highest BCUT2D eigenvalue weighted by atomic mass is 32.2. The minimum atomic E-state index is -3.55. The van der Waals surface area contributed by atoms with E-state index < -0.39 is 22.4 Å². The third kappa shape index (κ3) is 3.92. The summed E-state index contributed by atoms with van der Waals surface area (Å²) < 4.78 is 27.3. The molecule has 2 atom stereocenters. The average Bonchev–Trinajstić information content (AvgIpc) is 2.39. The molecule has 1 aromatic heterocycles. The first-order valence-corrected chi connectivity index (χ1v) is 8.58. The summed E-state index contributed by atoms with van der Waals surface area (Å²) in [6, 6.07) is 1.38. The summed E-state index contributed by atoms with van der Waals surface area (Å²) >= 11 is 0. The van der Waals surface area contributed by atoms with Crippen LogP contribution in [0.1, 0.15) is 17.8 Å². The Morgan fingerprint density at radius 3 is 2.41 bits per heavy atom. The number of aliphatic hydroxyl groups is 1. The number of hydrogen-bond acceptors (Lipinski definition) is 6. The topological polar surface area (TPSA) is 98.7 Å². The summed E-state index contributed by atoms with van der Waals surface area (Å²) in [5, 5.41) is 10.2. The smallest absolute Gasteiger partial charge is 0.279 e. The molecular weight excluding hydrogens is 306 g/mol. The molecule has 2 rings (SSSR count). The second-order valence-corrected chi connectivity index (χ2v) is 7.68. The summed E-state index contributed by atoms with van der Waals surface area (Å²) in [6.45, 7) is 4.67. The van der Waals surface area contributed by atoms with Crippen LogP contribution in [0.2, 0.25) is 0 Å². The molecule has 2 N–H and O–H groups in total. The van der Waals surface area contributed by atoms with Crippen LogP contribution >= 0.6 is 0 Å². The van der Waals surface area contributed by atoms with E-state index in [-0.39, 0.29) is 0 Å². The Morgan fingerprint density at radius 2 is 1.91 bits per heavy atom. The lowest BCUT2D eigenvalue weighted by atomic mass is 10.0. The zero-order chi connectivity index (χ0) is 16.5. The zero-order valence-electron chi connectivity index (χ0n) is 13.3. The van der Waals surface area contributed by atoms with Gasteiger partial charge in [0.1, 0.15) is 0 Å². The van der Waals surface area contributed by atoms with Crippen LogP contribution in [0.15, 0.2) is 6.07 Å². The standard InChI is InChI=1S/C13H23N5O3S/c1-9-7-10(2)15-13(14-9)18-6-5-11(12(19)8-18)16-22(20,21)17(3)4/h7,11-12,16,19H,5-6,8H2,1-4H3/t11-,12-/m1/s1. The third-order valence-electron chi connectivity index (χ3n) is 3.62. The van der Waals surface area contributed by atoms with Crippen molar-refractivity contribution in [2.75, 3.05) is 32.1 Å². The lowest BCUT2D eigenvalue weighted by Gasteiger charge is -2.36. The lowest BCUT2D eigenvalue weighted by Crippen LogP contribution is -2.56. The molecule has 124 valence electrons. The average molecular weight is 329 g/mol. The number of rotatable bonds is 4. The van der Waals surface area contributed by atoms with Gasteiger partial charge in [0, 0.05) is 38.6 Å². The number of anilines is 1. The van der Waals surface area contributed by atoms with Crippen molar-refractivity contribution in [3.05, 3.63) is 17.5 Å². The maximum Gasteiger partial charge on any atom is 0.279 e. The molecule has 22 heavy (non-hydrogen) atoms. The number of piperidine rings is 1. The number of aryl methyl sites for hydroxylation is 2. The van der Waals surface area contributed by atoms with Gasteiger partial charge in [0.2, 0.25) is 5.95 Å². The highest BCUT2D eigenvalue weighted by Crippen LogP contribution is 2.18. The first-order valence-electron chi connectivity index (χ1n) is 7.14. The molecule has 0 bridgehead atoms. The molecule has 8 nitrogen and oxygen atoms in total. The van der Waals surface area contributed by atoms with Crippen LogP contribution in [0.5, 0.6) is 0 Å². The van der Waals surface area contributed by atoms with Gasteiger partial charge in [0.25, 0.3) is 10.2 Å². The highest BCUT2D eigenvalue weighted by Gasteiger charge is 2.32. The number of aliphatic hydroxyl groups excluding tert-OH is 1. The molecule has 1 aliphatic heterocycles.